The number of fused-ring (bicyclic) bond motifs is 1. The highest BCUT2D eigenvalue weighted by molar-refractivity contribution is 5.30. The molecule has 2 nitrogen and oxygen atoms in total. The maximum atomic E-state index is 6.22. The molecule has 2 heteroatoms. The van der Waals surface area contributed by atoms with Gasteiger partial charge in [0.05, 0.1) is 12.7 Å². The highest BCUT2D eigenvalue weighted by atomic mass is 16.5. The smallest absolute Gasteiger partial charge is 0.0842 e. The Labute approximate surface area is 111 Å². The third kappa shape index (κ3) is 3.56. The van der Waals surface area contributed by atoms with Crippen LogP contribution in [0.25, 0.3) is 0 Å². The lowest BCUT2D eigenvalue weighted by Gasteiger charge is -2.28. The minimum atomic E-state index is 0.214. The lowest BCUT2D eigenvalue weighted by Crippen LogP contribution is -2.26. The second-order valence-corrected chi connectivity index (χ2v) is 5.30. The molecule has 2 N–H and O–H groups in total. The fourth-order valence-electron chi connectivity index (χ4n) is 2.72. The number of rotatable bonds is 6. The Morgan fingerprint density at radius 3 is 3.00 bits per heavy atom. The molecule has 2 atom stereocenters. The van der Waals surface area contributed by atoms with Crippen LogP contribution in [-0.4, -0.2) is 12.6 Å². The van der Waals surface area contributed by atoms with Gasteiger partial charge in [-0.25, -0.2) is 0 Å². The maximum Gasteiger partial charge on any atom is 0.0842 e. The SMILES string of the molecule is CCCCCC(N)CC1OCCc2ccccc21. The molecule has 0 spiro atoms. The van der Waals surface area contributed by atoms with E-state index in [4.69, 9.17) is 10.5 Å². The molecule has 1 aromatic rings. The van der Waals surface area contributed by atoms with Crippen LogP contribution in [0.15, 0.2) is 24.3 Å². The zero-order chi connectivity index (χ0) is 12.8. The van der Waals surface area contributed by atoms with Crippen LogP contribution in [0, 0.1) is 0 Å². The highest BCUT2D eigenvalue weighted by Crippen LogP contribution is 2.30. The first-order chi connectivity index (χ1) is 8.81. The van der Waals surface area contributed by atoms with Crippen molar-refractivity contribution >= 4 is 0 Å². The molecule has 100 valence electrons. The topological polar surface area (TPSA) is 35.2 Å². The van der Waals surface area contributed by atoms with Crippen molar-refractivity contribution in [1.29, 1.82) is 0 Å². The molecular formula is C16H25NO. The first kappa shape index (κ1) is 13.6. The van der Waals surface area contributed by atoms with Gasteiger partial charge in [-0.2, -0.15) is 0 Å². The van der Waals surface area contributed by atoms with Gasteiger partial charge < -0.3 is 10.5 Å². The van der Waals surface area contributed by atoms with Crippen molar-refractivity contribution in [2.75, 3.05) is 6.61 Å². The molecule has 0 aromatic heterocycles. The van der Waals surface area contributed by atoms with Gasteiger partial charge in [-0.3, -0.25) is 0 Å². The first-order valence-corrected chi connectivity index (χ1v) is 7.26. The summed E-state index contributed by atoms with van der Waals surface area (Å²) in [5.74, 6) is 0. The fourth-order valence-corrected chi connectivity index (χ4v) is 2.72. The predicted molar refractivity (Wildman–Crippen MR) is 75.6 cm³/mol. The summed E-state index contributed by atoms with van der Waals surface area (Å²) < 4.78 is 5.90. The number of ether oxygens (including phenoxy) is 1. The Morgan fingerprint density at radius 2 is 2.17 bits per heavy atom. The van der Waals surface area contributed by atoms with E-state index in [-0.39, 0.29) is 12.1 Å². The molecule has 1 aliphatic heterocycles. The van der Waals surface area contributed by atoms with Crippen molar-refractivity contribution in [3.63, 3.8) is 0 Å². The van der Waals surface area contributed by atoms with Crippen LogP contribution in [0.5, 0.6) is 0 Å². The summed E-state index contributed by atoms with van der Waals surface area (Å²) in [6, 6.07) is 8.89. The van der Waals surface area contributed by atoms with E-state index in [2.05, 4.69) is 31.2 Å². The van der Waals surface area contributed by atoms with Crippen molar-refractivity contribution in [2.45, 2.75) is 57.6 Å². The van der Waals surface area contributed by atoms with Crippen molar-refractivity contribution in [3.05, 3.63) is 35.4 Å². The van der Waals surface area contributed by atoms with E-state index in [9.17, 15) is 0 Å². The van der Waals surface area contributed by atoms with E-state index in [1.165, 1.54) is 30.4 Å². The van der Waals surface area contributed by atoms with Gasteiger partial charge in [0.2, 0.25) is 0 Å². The van der Waals surface area contributed by atoms with Crippen molar-refractivity contribution in [1.82, 2.24) is 0 Å². The number of benzene rings is 1. The molecule has 0 saturated heterocycles. The number of unbranched alkanes of at least 4 members (excludes halogenated alkanes) is 2. The van der Waals surface area contributed by atoms with Crippen molar-refractivity contribution in [3.8, 4) is 0 Å². The largest absolute Gasteiger partial charge is 0.373 e. The van der Waals surface area contributed by atoms with E-state index < -0.39 is 0 Å². The minimum absolute atomic E-state index is 0.214. The molecule has 0 fully saturated rings. The summed E-state index contributed by atoms with van der Waals surface area (Å²) in [7, 11) is 0. The Kier molecular flexibility index (Phi) is 5.21. The normalized spacial score (nSPS) is 20.4. The second kappa shape index (κ2) is 6.91. The summed E-state index contributed by atoms with van der Waals surface area (Å²) >= 11 is 0. The summed E-state index contributed by atoms with van der Waals surface area (Å²) in [5, 5.41) is 0. The Hall–Kier alpha value is -0.860. The summed E-state index contributed by atoms with van der Waals surface area (Å²) in [6.45, 7) is 3.06. The van der Waals surface area contributed by atoms with Crippen LogP contribution in [0.1, 0.15) is 56.3 Å². The van der Waals surface area contributed by atoms with Crippen molar-refractivity contribution < 1.29 is 4.74 Å². The van der Waals surface area contributed by atoms with Crippen LogP contribution in [0.4, 0.5) is 0 Å². The molecule has 0 bridgehead atoms. The van der Waals surface area contributed by atoms with Gasteiger partial charge in [-0.05, 0) is 30.4 Å². The Balaban J connectivity index is 1.90. The van der Waals surface area contributed by atoms with E-state index in [1.54, 1.807) is 0 Å². The lowest BCUT2D eigenvalue weighted by atomic mass is 9.92. The molecule has 0 saturated carbocycles. The molecule has 0 amide bonds. The summed E-state index contributed by atoms with van der Waals surface area (Å²) in [5.41, 5.74) is 9.02. The zero-order valence-corrected chi connectivity index (χ0v) is 11.4. The average Bonchev–Trinajstić information content (AvgIpc) is 2.39. The van der Waals surface area contributed by atoms with Gasteiger partial charge in [0.1, 0.15) is 0 Å². The minimum Gasteiger partial charge on any atom is -0.373 e. The van der Waals surface area contributed by atoms with Crippen LogP contribution in [0.2, 0.25) is 0 Å². The first-order valence-electron chi connectivity index (χ1n) is 7.26. The van der Waals surface area contributed by atoms with E-state index in [0.29, 0.717) is 0 Å². The predicted octanol–water partition coefficient (Wildman–Crippen LogP) is 3.60. The molecule has 0 aliphatic carbocycles. The standard InChI is InChI=1S/C16H25NO/c1-2-3-4-8-14(17)12-16-15-9-6-5-7-13(15)10-11-18-16/h5-7,9,14,16H,2-4,8,10-12,17H2,1H3. The van der Waals surface area contributed by atoms with E-state index in [1.807, 2.05) is 0 Å². The van der Waals surface area contributed by atoms with Gasteiger partial charge in [0.25, 0.3) is 0 Å². The fraction of sp³-hybridized carbons (Fsp3) is 0.625. The summed E-state index contributed by atoms with van der Waals surface area (Å²) in [6.07, 6.45) is 7.12. The van der Waals surface area contributed by atoms with Gasteiger partial charge in [-0.15, -0.1) is 0 Å². The number of hydrogen-bond donors (Lipinski definition) is 1. The second-order valence-electron chi connectivity index (χ2n) is 5.30. The van der Waals surface area contributed by atoms with Gasteiger partial charge in [-0.1, -0.05) is 50.5 Å². The molecule has 1 heterocycles. The average molecular weight is 247 g/mol. The highest BCUT2D eigenvalue weighted by Gasteiger charge is 2.22. The van der Waals surface area contributed by atoms with Gasteiger partial charge >= 0.3 is 0 Å². The van der Waals surface area contributed by atoms with Crippen LogP contribution >= 0.6 is 0 Å². The van der Waals surface area contributed by atoms with Crippen LogP contribution < -0.4 is 5.73 Å². The maximum absolute atomic E-state index is 6.22. The molecular weight excluding hydrogens is 222 g/mol. The third-order valence-electron chi connectivity index (χ3n) is 3.79. The zero-order valence-electron chi connectivity index (χ0n) is 11.4. The van der Waals surface area contributed by atoms with Crippen LogP contribution in [0.3, 0.4) is 0 Å². The van der Waals surface area contributed by atoms with Gasteiger partial charge in [0.15, 0.2) is 0 Å². The number of nitrogens with two attached hydrogens (primary N) is 1. The quantitative estimate of drug-likeness (QED) is 0.780. The van der Waals surface area contributed by atoms with Crippen LogP contribution in [-0.2, 0) is 11.2 Å². The Morgan fingerprint density at radius 1 is 1.33 bits per heavy atom. The molecule has 2 rings (SSSR count). The Bertz CT molecular complexity index is 364. The lowest BCUT2D eigenvalue weighted by molar-refractivity contribution is 0.0314. The van der Waals surface area contributed by atoms with E-state index in [0.717, 1.165) is 25.9 Å². The van der Waals surface area contributed by atoms with Crippen molar-refractivity contribution in [2.24, 2.45) is 5.73 Å². The van der Waals surface area contributed by atoms with E-state index >= 15 is 0 Å². The molecule has 18 heavy (non-hydrogen) atoms. The number of hydrogen-bond acceptors (Lipinski definition) is 2. The monoisotopic (exact) mass is 247 g/mol. The van der Waals surface area contributed by atoms with Gasteiger partial charge in [0, 0.05) is 6.04 Å². The molecule has 2 unspecified atom stereocenters. The molecule has 1 aliphatic rings. The molecule has 1 aromatic carbocycles. The third-order valence-corrected chi connectivity index (χ3v) is 3.79. The summed E-state index contributed by atoms with van der Waals surface area (Å²) in [4.78, 5) is 0. The molecule has 0 radical (unpaired) electrons.